The van der Waals surface area contributed by atoms with E-state index in [4.69, 9.17) is 0 Å². The molecule has 0 saturated heterocycles. The number of carbonyl (C=O) groups is 1. The maximum absolute atomic E-state index is 12.4. The highest BCUT2D eigenvalue weighted by molar-refractivity contribution is 5.74. The van der Waals surface area contributed by atoms with Crippen LogP contribution in [0.5, 0.6) is 0 Å². The second-order valence-electron chi connectivity index (χ2n) is 7.20. The van der Waals surface area contributed by atoms with Crippen LogP contribution in [0.25, 0.3) is 0 Å². The van der Waals surface area contributed by atoms with Crippen LogP contribution < -0.4 is 10.6 Å². The van der Waals surface area contributed by atoms with Crippen molar-refractivity contribution >= 4 is 6.03 Å². The Kier molecular flexibility index (Phi) is 4.81. The van der Waals surface area contributed by atoms with Crippen molar-refractivity contribution in [1.29, 1.82) is 0 Å². The zero-order valence-electron chi connectivity index (χ0n) is 15.0. The third-order valence-electron chi connectivity index (χ3n) is 5.03. The Balaban J connectivity index is 1.63. The lowest BCUT2D eigenvalue weighted by molar-refractivity contribution is 0.0590. The number of aryl methyl sites for hydroxylation is 2. The van der Waals surface area contributed by atoms with Gasteiger partial charge in [-0.25, -0.2) is 4.79 Å². The number of aliphatic hydroxyl groups is 1. The number of aromatic nitrogens is 2. The first-order chi connectivity index (χ1) is 11.9. The largest absolute Gasteiger partial charge is 0.383 e. The predicted molar refractivity (Wildman–Crippen MR) is 96.0 cm³/mol. The fourth-order valence-electron chi connectivity index (χ4n) is 3.39. The summed E-state index contributed by atoms with van der Waals surface area (Å²) in [6, 6.07) is 7.99. The minimum atomic E-state index is -1.16. The third kappa shape index (κ3) is 3.85. The molecule has 25 heavy (non-hydrogen) atoms. The van der Waals surface area contributed by atoms with E-state index < -0.39 is 5.60 Å². The number of amides is 2. The Hall–Kier alpha value is -2.34. The molecule has 134 valence electrons. The lowest BCUT2D eigenvalue weighted by atomic mass is 9.81. The van der Waals surface area contributed by atoms with E-state index in [-0.39, 0.29) is 18.6 Å². The quantitative estimate of drug-likeness (QED) is 0.797. The summed E-state index contributed by atoms with van der Waals surface area (Å²) >= 11 is 0. The summed E-state index contributed by atoms with van der Waals surface area (Å²) in [6.45, 7) is 3.95. The van der Waals surface area contributed by atoms with Gasteiger partial charge in [-0.3, -0.25) is 4.68 Å². The van der Waals surface area contributed by atoms with Gasteiger partial charge in [0.25, 0.3) is 0 Å². The maximum Gasteiger partial charge on any atom is 0.315 e. The number of rotatable bonds is 4. The number of hydrogen-bond donors (Lipinski definition) is 3. The van der Waals surface area contributed by atoms with Crippen molar-refractivity contribution in [3.8, 4) is 0 Å². The molecule has 1 heterocycles. The van der Waals surface area contributed by atoms with Crippen molar-refractivity contribution in [2.45, 2.75) is 38.3 Å². The maximum atomic E-state index is 12.4. The molecule has 0 saturated carbocycles. The first-order valence-electron chi connectivity index (χ1n) is 8.70. The monoisotopic (exact) mass is 342 g/mol. The topological polar surface area (TPSA) is 79.2 Å². The Morgan fingerprint density at radius 3 is 2.92 bits per heavy atom. The van der Waals surface area contributed by atoms with Gasteiger partial charge in [0, 0.05) is 18.8 Å². The van der Waals surface area contributed by atoms with Gasteiger partial charge in [-0.15, -0.1) is 0 Å². The molecule has 3 atom stereocenters. The van der Waals surface area contributed by atoms with Crippen molar-refractivity contribution in [2.24, 2.45) is 13.0 Å². The van der Waals surface area contributed by atoms with E-state index >= 15 is 0 Å². The average Bonchev–Trinajstić information content (AvgIpc) is 3.03. The number of nitrogens with one attached hydrogen (secondary N) is 2. The molecule has 6 nitrogen and oxygen atoms in total. The van der Waals surface area contributed by atoms with E-state index in [0.717, 1.165) is 12.8 Å². The van der Waals surface area contributed by atoms with E-state index in [1.165, 1.54) is 11.1 Å². The third-order valence-corrected chi connectivity index (χ3v) is 5.03. The lowest BCUT2D eigenvalue weighted by Crippen LogP contribution is -2.46. The van der Waals surface area contributed by atoms with Crippen LogP contribution in [-0.4, -0.2) is 27.5 Å². The Morgan fingerprint density at radius 2 is 2.20 bits per heavy atom. The Morgan fingerprint density at radius 1 is 1.44 bits per heavy atom. The SMILES string of the molecule is CC1CCc2ccccc2C1NC(=O)NCC(C)(O)c1cnn(C)c1. The van der Waals surface area contributed by atoms with Gasteiger partial charge in [-0.2, -0.15) is 5.10 Å². The minimum absolute atomic E-state index is 0.00621. The molecule has 0 aliphatic heterocycles. The van der Waals surface area contributed by atoms with E-state index in [1.54, 1.807) is 31.0 Å². The van der Waals surface area contributed by atoms with Crippen LogP contribution in [0.2, 0.25) is 0 Å². The van der Waals surface area contributed by atoms with Gasteiger partial charge in [-0.1, -0.05) is 31.2 Å². The van der Waals surface area contributed by atoms with E-state index in [0.29, 0.717) is 11.5 Å². The van der Waals surface area contributed by atoms with Gasteiger partial charge >= 0.3 is 6.03 Å². The zero-order valence-corrected chi connectivity index (χ0v) is 15.0. The van der Waals surface area contributed by atoms with Gasteiger partial charge in [0.05, 0.1) is 18.8 Å². The molecule has 0 fully saturated rings. The van der Waals surface area contributed by atoms with Crippen molar-refractivity contribution in [1.82, 2.24) is 20.4 Å². The molecule has 3 rings (SSSR count). The summed E-state index contributed by atoms with van der Waals surface area (Å²) in [7, 11) is 1.79. The van der Waals surface area contributed by atoms with Crippen LogP contribution >= 0.6 is 0 Å². The summed E-state index contributed by atoms with van der Waals surface area (Å²) in [6.07, 6.45) is 5.46. The van der Waals surface area contributed by atoms with Gasteiger partial charge < -0.3 is 15.7 Å². The van der Waals surface area contributed by atoms with Gasteiger partial charge in [0.2, 0.25) is 0 Å². The number of fused-ring (bicyclic) bond motifs is 1. The summed E-state index contributed by atoms with van der Waals surface area (Å²) in [4.78, 5) is 12.4. The molecule has 3 unspecified atom stereocenters. The standard InChI is InChI=1S/C19H26N4O2/c1-13-8-9-14-6-4-5-7-16(14)17(13)22-18(24)20-12-19(2,25)15-10-21-23(3)11-15/h4-7,10-11,13,17,25H,8-9,12H2,1-3H3,(H2,20,22,24). The smallest absolute Gasteiger partial charge is 0.315 e. The summed E-state index contributed by atoms with van der Waals surface area (Å²) in [5.41, 5.74) is 2.00. The van der Waals surface area contributed by atoms with Crippen molar-refractivity contribution < 1.29 is 9.90 Å². The highest BCUT2D eigenvalue weighted by Gasteiger charge is 2.29. The number of carbonyl (C=O) groups excluding carboxylic acids is 1. The number of urea groups is 1. The highest BCUT2D eigenvalue weighted by atomic mass is 16.3. The molecule has 0 radical (unpaired) electrons. The molecule has 6 heteroatoms. The fraction of sp³-hybridized carbons (Fsp3) is 0.474. The second-order valence-corrected chi connectivity index (χ2v) is 7.20. The van der Waals surface area contributed by atoms with Crippen LogP contribution in [0.3, 0.4) is 0 Å². The summed E-state index contributed by atoms with van der Waals surface area (Å²) in [5, 5.41) is 20.5. The highest BCUT2D eigenvalue weighted by Crippen LogP contribution is 2.33. The van der Waals surface area contributed by atoms with Crippen LogP contribution in [-0.2, 0) is 19.1 Å². The van der Waals surface area contributed by atoms with Crippen LogP contribution in [0.15, 0.2) is 36.7 Å². The summed E-state index contributed by atoms with van der Waals surface area (Å²) < 4.78 is 1.63. The van der Waals surface area contributed by atoms with E-state index in [1.807, 2.05) is 12.1 Å². The normalized spacial score (nSPS) is 21.9. The molecule has 1 aliphatic rings. The first-order valence-corrected chi connectivity index (χ1v) is 8.70. The Labute approximate surface area is 148 Å². The van der Waals surface area contributed by atoms with Crippen LogP contribution in [0, 0.1) is 5.92 Å². The lowest BCUT2D eigenvalue weighted by Gasteiger charge is -2.32. The summed E-state index contributed by atoms with van der Waals surface area (Å²) in [5.74, 6) is 0.375. The van der Waals surface area contributed by atoms with Gasteiger partial charge in [-0.05, 0) is 36.8 Å². The molecule has 0 spiro atoms. The molecule has 1 aliphatic carbocycles. The van der Waals surface area contributed by atoms with Crippen LogP contribution in [0.4, 0.5) is 4.79 Å². The molecule has 0 bridgehead atoms. The first kappa shape index (κ1) is 17.5. The molecular formula is C19H26N4O2. The Bertz CT molecular complexity index is 753. The molecule has 2 amide bonds. The van der Waals surface area contributed by atoms with E-state index in [9.17, 15) is 9.90 Å². The molecule has 1 aromatic heterocycles. The molecule has 1 aromatic carbocycles. The van der Waals surface area contributed by atoms with Crippen LogP contribution in [0.1, 0.15) is 43.0 Å². The van der Waals surface area contributed by atoms with E-state index in [2.05, 4.69) is 34.8 Å². The fourth-order valence-corrected chi connectivity index (χ4v) is 3.39. The van der Waals surface area contributed by atoms with Crippen molar-refractivity contribution in [3.05, 3.63) is 53.3 Å². The molecular weight excluding hydrogens is 316 g/mol. The minimum Gasteiger partial charge on any atom is -0.383 e. The molecule has 3 N–H and O–H groups in total. The van der Waals surface area contributed by atoms with Gasteiger partial charge in [0.1, 0.15) is 5.60 Å². The number of nitrogens with zero attached hydrogens (tertiary/aromatic N) is 2. The number of hydrogen-bond acceptors (Lipinski definition) is 3. The van der Waals surface area contributed by atoms with Crippen molar-refractivity contribution in [3.63, 3.8) is 0 Å². The van der Waals surface area contributed by atoms with Crippen molar-refractivity contribution in [2.75, 3.05) is 6.54 Å². The van der Waals surface area contributed by atoms with Gasteiger partial charge in [0.15, 0.2) is 0 Å². The predicted octanol–water partition coefficient (Wildman–Crippen LogP) is 2.25. The second kappa shape index (κ2) is 6.88. The number of benzene rings is 1. The molecule has 2 aromatic rings. The zero-order chi connectivity index (χ0) is 18.0. The average molecular weight is 342 g/mol.